The summed E-state index contributed by atoms with van der Waals surface area (Å²) in [6, 6.07) is 10.2. The highest BCUT2D eigenvalue weighted by Crippen LogP contribution is 2.04. The fraction of sp³-hybridized carbons (Fsp3) is 0.500. The molecule has 1 saturated heterocycles. The van der Waals surface area contributed by atoms with Crippen LogP contribution in [0.25, 0.3) is 0 Å². The van der Waals surface area contributed by atoms with Gasteiger partial charge in [-0.3, -0.25) is 0 Å². The molecule has 0 saturated carbocycles. The topological polar surface area (TPSA) is 30.5 Å². The van der Waals surface area contributed by atoms with E-state index in [2.05, 4.69) is 17.4 Å². The van der Waals surface area contributed by atoms with Gasteiger partial charge >= 0.3 is 0 Å². The Morgan fingerprint density at radius 3 is 3.07 bits per heavy atom. The molecule has 0 aliphatic carbocycles. The number of benzene rings is 1. The quantitative estimate of drug-likeness (QED) is 0.807. The van der Waals surface area contributed by atoms with Crippen molar-refractivity contribution in [3.05, 3.63) is 35.9 Å². The molecule has 3 heteroatoms. The average Bonchev–Trinajstić information content (AvgIpc) is 2.56. The molecule has 1 aliphatic rings. The summed E-state index contributed by atoms with van der Waals surface area (Å²) >= 11 is 0. The molecule has 1 fully saturated rings. The summed E-state index contributed by atoms with van der Waals surface area (Å²) in [5.41, 5.74) is 1.21. The molecule has 15 heavy (non-hydrogen) atoms. The van der Waals surface area contributed by atoms with Gasteiger partial charge in [-0.15, -0.1) is 0 Å². The van der Waals surface area contributed by atoms with Crippen molar-refractivity contribution in [2.75, 3.05) is 26.3 Å². The molecule has 1 N–H and O–H groups in total. The smallest absolute Gasteiger partial charge is 0.0937 e. The van der Waals surface area contributed by atoms with Crippen molar-refractivity contribution in [2.45, 2.75) is 12.7 Å². The molecule has 0 bridgehead atoms. The molecule has 0 aromatic heterocycles. The van der Waals surface area contributed by atoms with E-state index in [1.165, 1.54) is 5.56 Å². The second-order valence-corrected chi connectivity index (χ2v) is 3.70. The molecule has 0 radical (unpaired) electrons. The van der Waals surface area contributed by atoms with Crippen LogP contribution in [0, 0.1) is 0 Å². The Morgan fingerprint density at radius 2 is 2.20 bits per heavy atom. The van der Waals surface area contributed by atoms with Gasteiger partial charge in [0.2, 0.25) is 0 Å². The minimum atomic E-state index is 0.174. The zero-order chi connectivity index (χ0) is 10.3. The maximum absolute atomic E-state index is 5.76. The largest absolute Gasteiger partial charge is 0.377 e. The molecule has 1 aromatic carbocycles. The normalized spacial score (nSPS) is 22.3. The van der Waals surface area contributed by atoms with Crippen molar-refractivity contribution >= 4 is 0 Å². The summed E-state index contributed by atoms with van der Waals surface area (Å²) < 4.78 is 11.2. The standard InChI is InChI=1S/C12H17NO2/c1-2-4-11(5-3-1)9-15-12-8-13-6-7-14-10-12/h1-5,12-13H,6-10H2. The van der Waals surface area contributed by atoms with Crippen LogP contribution in [0.4, 0.5) is 0 Å². The monoisotopic (exact) mass is 207 g/mol. The van der Waals surface area contributed by atoms with Crippen molar-refractivity contribution in [1.82, 2.24) is 5.32 Å². The molecule has 1 heterocycles. The SMILES string of the molecule is c1ccc(COC2CNCCOC2)cc1. The average molecular weight is 207 g/mol. The second-order valence-electron chi connectivity index (χ2n) is 3.70. The maximum atomic E-state index is 5.76. The lowest BCUT2D eigenvalue weighted by Gasteiger charge is -2.14. The van der Waals surface area contributed by atoms with Crippen LogP contribution in [0.15, 0.2) is 30.3 Å². The van der Waals surface area contributed by atoms with E-state index in [4.69, 9.17) is 9.47 Å². The summed E-state index contributed by atoms with van der Waals surface area (Å²) in [6.07, 6.45) is 0.174. The first kappa shape index (κ1) is 10.6. The third kappa shape index (κ3) is 3.63. The molecule has 0 spiro atoms. The molecule has 1 aliphatic heterocycles. The fourth-order valence-corrected chi connectivity index (χ4v) is 1.58. The zero-order valence-corrected chi connectivity index (χ0v) is 8.82. The first-order valence-electron chi connectivity index (χ1n) is 5.39. The van der Waals surface area contributed by atoms with Gasteiger partial charge in [0.05, 0.1) is 25.9 Å². The van der Waals surface area contributed by atoms with Crippen LogP contribution >= 0.6 is 0 Å². The van der Waals surface area contributed by atoms with Gasteiger partial charge < -0.3 is 14.8 Å². The van der Waals surface area contributed by atoms with Crippen molar-refractivity contribution in [3.8, 4) is 0 Å². The summed E-state index contributed by atoms with van der Waals surface area (Å²) in [4.78, 5) is 0. The summed E-state index contributed by atoms with van der Waals surface area (Å²) in [5, 5.41) is 3.28. The van der Waals surface area contributed by atoms with E-state index in [1.807, 2.05) is 18.2 Å². The minimum Gasteiger partial charge on any atom is -0.377 e. The molecule has 1 unspecified atom stereocenters. The maximum Gasteiger partial charge on any atom is 0.0937 e. The first-order valence-corrected chi connectivity index (χ1v) is 5.39. The summed E-state index contributed by atoms with van der Waals surface area (Å²) in [7, 11) is 0. The minimum absolute atomic E-state index is 0.174. The van der Waals surface area contributed by atoms with E-state index in [-0.39, 0.29) is 6.10 Å². The number of ether oxygens (including phenoxy) is 2. The summed E-state index contributed by atoms with van der Waals surface area (Å²) in [5.74, 6) is 0. The van der Waals surface area contributed by atoms with Crippen LogP contribution < -0.4 is 5.32 Å². The van der Waals surface area contributed by atoms with Crippen LogP contribution in [0.5, 0.6) is 0 Å². The predicted octanol–water partition coefficient (Wildman–Crippen LogP) is 1.19. The van der Waals surface area contributed by atoms with Crippen LogP contribution in [0.3, 0.4) is 0 Å². The lowest BCUT2D eigenvalue weighted by molar-refractivity contribution is -0.00889. The Hall–Kier alpha value is -0.900. The van der Waals surface area contributed by atoms with Crippen LogP contribution in [-0.4, -0.2) is 32.4 Å². The van der Waals surface area contributed by atoms with Crippen molar-refractivity contribution < 1.29 is 9.47 Å². The Morgan fingerprint density at radius 1 is 1.33 bits per heavy atom. The van der Waals surface area contributed by atoms with Gasteiger partial charge in [-0.2, -0.15) is 0 Å². The molecular weight excluding hydrogens is 190 g/mol. The number of rotatable bonds is 3. The van der Waals surface area contributed by atoms with E-state index in [9.17, 15) is 0 Å². The van der Waals surface area contributed by atoms with E-state index in [0.29, 0.717) is 13.2 Å². The van der Waals surface area contributed by atoms with Gasteiger partial charge in [0, 0.05) is 13.1 Å². The Balaban J connectivity index is 1.77. The third-order valence-electron chi connectivity index (χ3n) is 2.43. The van der Waals surface area contributed by atoms with E-state index in [1.54, 1.807) is 0 Å². The Bertz CT molecular complexity index is 268. The highest BCUT2D eigenvalue weighted by Gasteiger charge is 2.12. The van der Waals surface area contributed by atoms with E-state index >= 15 is 0 Å². The molecule has 1 aromatic rings. The highest BCUT2D eigenvalue weighted by molar-refractivity contribution is 5.13. The van der Waals surface area contributed by atoms with Gasteiger partial charge in [-0.05, 0) is 5.56 Å². The second kappa shape index (κ2) is 5.85. The van der Waals surface area contributed by atoms with Crippen LogP contribution in [-0.2, 0) is 16.1 Å². The van der Waals surface area contributed by atoms with Crippen molar-refractivity contribution in [2.24, 2.45) is 0 Å². The molecular formula is C12H17NO2. The molecule has 3 nitrogen and oxygen atoms in total. The first-order chi connectivity index (χ1) is 7.45. The van der Waals surface area contributed by atoms with Crippen molar-refractivity contribution in [3.63, 3.8) is 0 Å². The molecule has 2 rings (SSSR count). The Labute approximate surface area is 90.4 Å². The number of hydrogen-bond donors (Lipinski definition) is 1. The van der Waals surface area contributed by atoms with Gasteiger partial charge in [0.15, 0.2) is 0 Å². The lowest BCUT2D eigenvalue weighted by atomic mass is 10.2. The van der Waals surface area contributed by atoms with Gasteiger partial charge in [0.25, 0.3) is 0 Å². The summed E-state index contributed by atoms with van der Waals surface area (Å²) in [6.45, 7) is 3.94. The third-order valence-corrected chi connectivity index (χ3v) is 2.43. The Kier molecular flexibility index (Phi) is 4.14. The molecule has 0 amide bonds. The van der Waals surface area contributed by atoms with Crippen LogP contribution in [0.2, 0.25) is 0 Å². The number of nitrogens with one attached hydrogen (secondary N) is 1. The van der Waals surface area contributed by atoms with Gasteiger partial charge in [-0.25, -0.2) is 0 Å². The molecule has 1 atom stereocenters. The highest BCUT2D eigenvalue weighted by atomic mass is 16.5. The fourth-order valence-electron chi connectivity index (χ4n) is 1.58. The van der Waals surface area contributed by atoms with E-state index < -0.39 is 0 Å². The van der Waals surface area contributed by atoms with Gasteiger partial charge in [0.1, 0.15) is 0 Å². The molecule has 82 valence electrons. The van der Waals surface area contributed by atoms with Gasteiger partial charge in [-0.1, -0.05) is 30.3 Å². The number of hydrogen-bond acceptors (Lipinski definition) is 3. The van der Waals surface area contributed by atoms with Crippen LogP contribution in [0.1, 0.15) is 5.56 Å². The zero-order valence-electron chi connectivity index (χ0n) is 8.82. The van der Waals surface area contributed by atoms with E-state index in [0.717, 1.165) is 19.7 Å². The van der Waals surface area contributed by atoms with Crippen molar-refractivity contribution in [1.29, 1.82) is 0 Å². The predicted molar refractivity (Wildman–Crippen MR) is 58.7 cm³/mol. The lowest BCUT2D eigenvalue weighted by Crippen LogP contribution is -2.29.